The first-order valence-corrected chi connectivity index (χ1v) is 11.4. The van der Waals surface area contributed by atoms with E-state index < -0.39 is 5.60 Å². The second kappa shape index (κ2) is 11.9. The van der Waals surface area contributed by atoms with Gasteiger partial charge in [-0.25, -0.2) is 9.79 Å². The SMILES string of the molecule is CN(C)C(=O)CN=C(NC1CCc2ccccc2C1)NC1CCN(C(=O)OC(C)(C)C)C1.I. The molecule has 1 heterocycles. The number of carbonyl (C=O) groups excluding carboxylic acids is 2. The van der Waals surface area contributed by atoms with Crippen molar-refractivity contribution in [3.8, 4) is 0 Å². The van der Waals surface area contributed by atoms with Crippen LogP contribution in [0.4, 0.5) is 4.79 Å². The number of halogens is 1. The highest BCUT2D eigenvalue weighted by molar-refractivity contribution is 14.0. The third kappa shape index (κ3) is 8.35. The van der Waals surface area contributed by atoms with Gasteiger partial charge in [-0.2, -0.15) is 0 Å². The maximum atomic E-state index is 12.4. The minimum Gasteiger partial charge on any atom is -0.444 e. The lowest BCUT2D eigenvalue weighted by atomic mass is 9.88. The Morgan fingerprint density at radius 2 is 1.79 bits per heavy atom. The zero-order valence-corrected chi connectivity index (χ0v) is 22.7. The molecule has 9 heteroatoms. The number of amides is 2. The smallest absolute Gasteiger partial charge is 0.410 e. The van der Waals surface area contributed by atoms with Gasteiger partial charge in [-0.1, -0.05) is 24.3 Å². The number of aryl methyl sites for hydroxylation is 1. The first kappa shape index (κ1) is 27.2. The van der Waals surface area contributed by atoms with E-state index in [9.17, 15) is 9.59 Å². The van der Waals surface area contributed by atoms with Gasteiger partial charge in [-0.3, -0.25) is 4.79 Å². The van der Waals surface area contributed by atoms with E-state index in [1.165, 1.54) is 16.0 Å². The molecule has 33 heavy (non-hydrogen) atoms. The maximum absolute atomic E-state index is 12.4. The number of fused-ring (bicyclic) bond motifs is 1. The van der Waals surface area contributed by atoms with Crippen molar-refractivity contribution in [1.82, 2.24) is 20.4 Å². The monoisotopic (exact) mass is 571 g/mol. The van der Waals surface area contributed by atoms with Crippen molar-refractivity contribution in [3.05, 3.63) is 35.4 Å². The van der Waals surface area contributed by atoms with Crippen molar-refractivity contribution in [1.29, 1.82) is 0 Å². The third-order valence-corrected chi connectivity index (χ3v) is 5.74. The first-order valence-electron chi connectivity index (χ1n) is 11.4. The summed E-state index contributed by atoms with van der Waals surface area (Å²) in [6.07, 6.45) is 3.46. The number of nitrogens with one attached hydrogen (secondary N) is 2. The summed E-state index contributed by atoms with van der Waals surface area (Å²) in [6, 6.07) is 8.84. The van der Waals surface area contributed by atoms with Gasteiger partial charge in [0.15, 0.2) is 5.96 Å². The average Bonchev–Trinajstić information content (AvgIpc) is 3.19. The van der Waals surface area contributed by atoms with Crippen LogP contribution in [-0.2, 0) is 22.4 Å². The second-order valence-corrected chi connectivity index (χ2v) is 9.86. The second-order valence-electron chi connectivity index (χ2n) is 9.86. The Bertz CT molecular complexity index is 853. The molecule has 184 valence electrons. The number of hydrogen-bond donors (Lipinski definition) is 2. The minimum absolute atomic E-state index is 0. The third-order valence-electron chi connectivity index (χ3n) is 5.74. The van der Waals surface area contributed by atoms with Gasteiger partial charge in [0.2, 0.25) is 5.91 Å². The predicted octanol–water partition coefficient (Wildman–Crippen LogP) is 2.79. The van der Waals surface area contributed by atoms with Gasteiger partial charge in [0.1, 0.15) is 12.1 Å². The summed E-state index contributed by atoms with van der Waals surface area (Å²) in [4.78, 5) is 32.3. The number of aliphatic imine (C=N–C) groups is 1. The highest BCUT2D eigenvalue weighted by atomic mass is 127. The van der Waals surface area contributed by atoms with Gasteiger partial charge in [0.05, 0.1) is 0 Å². The predicted molar refractivity (Wildman–Crippen MR) is 141 cm³/mol. The number of hydrogen-bond acceptors (Lipinski definition) is 4. The van der Waals surface area contributed by atoms with Crippen molar-refractivity contribution >= 4 is 41.9 Å². The van der Waals surface area contributed by atoms with Crippen LogP contribution in [0.2, 0.25) is 0 Å². The van der Waals surface area contributed by atoms with E-state index >= 15 is 0 Å². The minimum atomic E-state index is -0.513. The molecule has 0 saturated carbocycles. The Kier molecular flexibility index (Phi) is 9.81. The Hall–Kier alpha value is -2.04. The highest BCUT2D eigenvalue weighted by Gasteiger charge is 2.30. The molecule has 0 bridgehead atoms. The quantitative estimate of drug-likeness (QED) is 0.330. The summed E-state index contributed by atoms with van der Waals surface area (Å²) >= 11 is 0. The van der Waals surface area contributed by atoms with Crippen LogP contribution < -0.4 is 10.6 Å². The largest absolute Gasteiger partial charge is 0.444 e. The number of rotatable bonds is 4. The zero-order chi connectivity index (χ0) is 23.3. The van der Waals surface area contributed by atoms with Crippen molar-refractivity contribution in [2.45, 2.75) is 64.1 Å². The lowest BCUT2D eigenvalue weighted by molar-refractivity contribution is -0.127. The van der Waals surface area contributed by atoms with Crippen molar-refractivity contribution in [2.24, 2.45) is 4.99 Å². The lowest BCUT2D eigenvalue weighted by Gasteiger charge is -2.28. The molecule has 1 saturated heterocycles. The van der Waals surface area contributed by atoms with Crippen LogP contribution in [-0.4, -0.2) is 79.2 Å². The molecule has 3 rings (SSSR count). The maximum Gasteiger partial charge on any atom is 0.410 e. The summed E-state index contributed by atoms with van der Waals surface area (Å²) in [7, 11) is 3.46. The van der Waals surface area contributed by atoms with Crippen molar-refractivity contribution in [3.63, 3.8) is 0 Å². The van der Waals surface area contributed by atoms with E-state index in [1.807, 2.05) is 20.8 Å². The molecule has 8 nitrogen and oxygen atoms in total. The normalized spacial score (nSPS) is 20.4. The van der Waals surface area contributed by atoms with Crippen LogP contribution in [0, 0.1) is 0 Å². The number of likely N-dealkylation sites (tertiary alicyclic amines) is 1. The molecule has 2 N–H and O–H groups in total. The molecule has 1 aliphatic carbocycles. The molecular weight excluding hydrogens is 533 g/mol. The summed E-state index contributed by atoms with van der Waals surface area (Å²) in [5, 5.41) is 6.98. The van der Waals surface area contributed by atoms with E-state index in [2.05, 4.69) is 39.9 Å². The van der Waals surface area contributed by atoms with Crippen LogP contribution in [0.25, 0.3) is 0 Å². The number of ether oxygens (including phenoxy) is 1. The molecule has 1 aromatic carbocycles. The molecule has 1 aromatic rings. The van der Waals surface area contributed by atoms with Gasteiger partial charge in [0, 0.05) is 39.3 Å². The fraction of sp³-hybridized carbons (Fsp3) is 0.625. The van der Waals surface area contributed by atoms with E-state index in [-0.39, 0.29) is 54.6 Å². The van der Waals surface area contributed by atoms with Gasteiger partial charge < -0.3 is 25.2 Å². The van der Waals surface area contributed by atoms with Crippen LogP contribution in [0.1, 0.15) is 44.7 Å². The standard InChI is InChI=1S/C24H37N5O3.HI/c1-24(2,3)32-23(31)29-13-12-20(16-29)27-22(25-15-21(30)28(4)5)26-19-11-10-17-8-6-7-9-18(17)14-19;/h6-9,19-20H,10-16H2,1-5H3,(H2,25,26,27);1H. The molecule has 0 spiro atoms. The lowest BCUT2D eigenvalue weighted by Crippen LogP contribution is -2.50. The van der Waals surface area contributed by atoms with E-state index in [1.54, 1.807) is 19.0 Å². The van der Waals surface area contributed by atoms with Crippen LogP contribution in [0.3, 0.4) is 0 Å². The van der Waals surface area contributed by atoms with E-state index in [0.717, 1.165) is 25.7 Å². The van der Waals surface area contributed by atoms with E-state index in [4.69, 9.17) is 4.74 Å². The number of benzene rings is 1. The zero-order valence-electron chi connectivity index (χ0n) is 20.4. The van der Waals surface area contributed by atoms with Gasteiger partial charge >= 0.3 is 6.09 Å². The molecule has 0 aromatic heterocycles. The Labute approximate surface area is 214 Å². The van der Waals surface area contributed by atoms with Crippen LogP contribution in [0.5, 0.6) is 0 Å². The molecule has 0 radical (unpaired) electrons. The molecule has 1 aliphatic heterocycles. The van der Waals surface area contributed by atoms with Crippen LogP contribution >= 0.6 is 24.0 Å². The molecule has 2 atom stereocenters. The number of guanidine groups is 1. The number of likely N-dealkylation sites (N-methyl/N-ethyl adjacent to an activating group) is 1. The molecule has 2 amide bonds. The number of carbonyl (C=O) groups is 2. The Balaban J connectivity index is 0.00000385. The first-order chi connectivity index (χ1) is 15.1. The Morgan fingerprint density at radius 1 is 1.12 bits per heavy atom. The summed E-state index contributed by atoms with van der Waals surface area (Å²) in [6.45, 7) is 6.87. The van der Waals surface area contributed by atoms with Crippen molar-refractivity contribution < 1.29 is 14.3 Å². The highest BCUT2D eigenvalue weighted by Crippen LogP contribution is 2.21. The fourth-order valence-electron chi connectivity index (χ4n) is 4.00. The molecule has 2 aliphatic rings. The van der Waals surface area contributed by atoms with Crippen LogP contribution in [0.15, 0.2) is 29.3 Å². The topological polar surface area (TPSA) is 86.3 Å². The summed E-state index contributed by atoms with van der Waals surface area (Å²) in [5.41, 5.74) is 2.25. The van der Waals surface area contributed by atoms with Gasteiger partial charge in [0.25, 0.3) is 0 Å². The van der Waals surface area contributed by atoms with Crippen molar-refractivity contribution in [2.75, 3.05) is 33.7 Å². The average molecular weight is 572 g/mol. The summed E-state index contributed by atoms with van der Waals surface area (Å²) < 4.78 is 5.50. The molecule has 1 fully saturated rings. The fourth-order valence-corrected chi connectivity index (χ4v) is 4.00. The molecule has 2 unspecified atom stereocenters. The Morgan fingerprint density at radius 3 is 2.45 bits per heavy atom. The summed E-state index contributed by atoms with van der Waals surface area (Å²) in [5.74, 6) is 0.572. The number of nitrogens with zero attached hydrogens (tertiary/aromatic N) is 3. The van der Waals surface area contributed by atoms with Gasteiger partial charge in [-0.15, -0.1) is 24.0 Å². The van der Waals surface area contributed by atoms with Gasteiger partial charge in [-0.05, 0) is 57.6 Å². The van der Waals surface area contributed by atoms with E-state index in [0.29, 0.717) is 19.0 Å². The molecular formula is C24H38IN5O3.